The van der Waals surface area contributed by atoms with Crippen LogP contribution >= 0.6 is 0 Å². The SMILES string of the molecule is CCN(CC)C(=O)N1CCCC(C(=O)Nc2cccc(NC(=O)c3cccnc3)c2)C1. The normalized spacial score (nSPS) is 15.8. The van der Waals surface area contributed by atoms with Gasteiger partial charge in [0.25, 0.3) is 5.91 Å². The van der Waals surface area contributed by atoms with Crippen LogP contribution in [0.4, 0.5) is 16.2 Å². The Hall–Kier alpha value is -3.42. The van der Waals surface area contributed by atoms with Crippen molar-refractivity contribution in [1.29, 1.82) is 0 Å². The largest absolute Gasteiger partial charge is 0.326 e. The van der Waals surface area contributed by atoms with E-state index >= 15 is 0 Å². The second-order valence-corrected chi connectivity index (χ2v) is 7.51. The lowest BCUT2D eigenvalue weighted by atomic mass is 9.97. The Morgan fingerprint density at radius 2 is 1.84 bits per heavy atom. The lowest BCUT2D eigenvalue weighted by Crippen LogP contribution is -2.49. The molecule has 0 radical (unpaired) electrons. The lowest BCUT2D eigenvalue weighted by molar-refractivity contribution is -0.121. The number of benzene rings is 1. The maximum Gasteiger partial charge on any atom is 0.320 e. The van der Waals surface area contributed by atoms with Gasteiger partial charge >= 0.3 is 6.03 Å². The number of hydrogen-bond acceptors (Lipinski definition) is 4. The molecule has 8 nitrogen and oxygen atoms in total. The first-order valence-electron chi connectivity index (χ1n) is 10.7. The van der Waals surface area contributed by atoms with Gasteiger partial charge in [-0.25, -0.2) is 4.79 Å². The molecule has 1 atom stereocenters. The van der Waals surface area contributed by atoms with Crippen LogP contribution < -0.4 is 10.6 Å². The standard InChI is InChI=1S/C23H29N5O3/c1-3-27(4-2)23(31)28-13-7-9-18(16-28)22(30)26-20-11-5-10-19(14-20)25-21(29)17-8-6-12-24-15-17/h5-6,8,10-12,14-15,18H,3-4,7,9,13,16H2,1-2H3,(H,25,29)(H,26,30). The first-order valence-corrected chi connectivity index (χ1v) is 10.7. The minimum absolute atomic E-state index is 0.0115. The molecule has 2 N–H and O–H groups in total. The van der Waals surface area contributed by atoms with Crippen LogP contribution in [0.1, 0.15) is 37.0 Å². The molecule has 1 unspecified atom stereocenters. The number of aromatic nitrogens is 1. The van der Waals surface area contributed by atoms with Crippen molar-refractivity contribution in [2.24, 2.45) is 5.92 Å². The van der Waals surface area contributed by atoms with Gasteiger partial charge in [0.05, 0.1) is 11.5 Å². The van der Waals surface area contributed by atoms with Gasteiger partial charge in [-0.1, -0.05) is 6.07 Å². The van der Waals surface area contributed by atoms with Gasteiger partial charge in [0.15, 0.2) is 0 Å². The van der Waals surface area contributed by atoms with Crippen LogP contribution in [0.2, 0.25) is 0 Å². The monoisotopic (exact) mass is 423 g/mol. The van der Waals surface area contributed by atoms with Crippen molar-refractivity contribution in [1.82, 2.24) is 14.8 Å². The summed E-state index contributed by atoms with van der Waals surface area (Å²) in [4.78, 5) is 45.3. The number of anilines is 2. The Morgan fingerprint density at radius 1 is 1.10 bits per heavy atom. The molecule has 1 aromatic heterocycles. The zero-order valence-corrected chi connectivity index (χ0v) is 18.0. The molecule has 1 aliphatic heterocycles. The molecule has 0 aliphatic carbocycles. The number of likely N-dealkylation sites (tertiary alicyclic amines) is 1. The summed E-state index contributed by atoms with van der Waals surface area (Å²) >= 11 is 0. The highest BCUT2D eigenvalue weighted by Crippen LogP contribution is 2.21. The lowest BCUT2D eigenvalue weighted by Gasteiger charge is -2.35. The topological polar surface area (TPSA) is 94.6 Å². The van der Waals surface area contributed by atoms with Gasteiger partial charge in [0, 0.05) is 49.9 Å². The molecular formula is C23H29N5O3. The van der Waals surface area contributed by atoms with Gasteiger partial charge in [0.1, 0.15) is 0 Å². The van der Waals surface area contributed by atoms with Crippen LogP contribution in [0.15, 0.2) is 48.8 Å². The molecule has 1 fully saturated rings. The smallest absolute Gasteiger partial charge is 0.320 e. The third kappa shape index (κ3) is 5.81. The van der Waals surface area contributed by atoms with Crippen molar-refractivity contribution in [2.45, 2.75) is 26.7 Å². The van der Waals surface area contributed by atoms with E-state index in [1.54, 1.807) is 52.4 Å². The van der Waals surface area contributed by atoms with Crippen molar-refractivity contribution in [3.63, 3.8) is 0 Å². The van der Waals surface area contributed by atoms with Gasteiger partial charge in [-0.15, -0.1) is 0 Å². The average Bonchev–Trinajstić information content (AvgIpc) is 2.80. The van der Waals surface area contributed by atoms with E-state index in [2.05, 4.69) is 15.6 Å². The van der Waals surface area contributed by atoms with E-state index < -0.39 is 0 Å². The average molecular weight is 424 g/mol. The van der Waals surface area contributed by atoms with E-state index in [-0.39, 0.29) is 23.8 Å². The first-order chi connectivity index (χ1) is 15.0. The van der Waals surface area contributed by atoms with Gasteiger partial charge in [-0.3, -0.25) is 14.6 Å². The molecule has 3 rings (SSSR count). The molecule has 2 aromatic rings. The quantitative estimate of drug-likeness (QED) is 0.744. The number of amides is 4. The van der Waals surface area contributed by atoms with E-state index in [0.29, 0.717) is 43.1 Å². The molecule has 0 spiro atoms. The number of carbonyl (C=O) groups excluding carboxylic acids is 3. The van der Waals surface area contributed by atoms with Crippen molar-refractivity contribution >= 4 is 29.2 Å². The highest BCUT2D eigenvalue weighted by atomic mass is 16.2. The Bertz CT molecular complexity index is 914. The number of pyridine rings is 1. The first kappa shape index (κ1) is 22.3. The summed E-state index contributed by atoms with van der Waals surface area (Å²) < 4.78 is 0. The Morgan fingerprint density at radius 3 is 2.52 bits per heavy atom. The number of urea groups is 1. The molecule has 1 aromatic carbocycles. The summed E-state index contributed by atoms with van der Waals surface area (Å²) in [5, 5.41) is 5.74. The van der Waals surface area contributed by atoms with Crippen molar-refractivity contribution in [3.05, 3.63) is 54.4 Å². The predicted molar refractivity (Wildman–Crippen MR) is 120 cm³/mol. The number of carbonyl (C=O) groups is 3. The Balaban J connectivity index is 1.60. The molecule has 1 saturated heterocycles. The van der Waals surface area contributed by atoms with Crippen LogP contribution in [0.3, 0.4) is 0 Å². The summed E-state index contributed by atoms with van der Waals surface area (Å²) in [6.07, 6.45) is 4.64. The molecule has 1 aliphatic rings. The molecule has 4 amide bonds. The van der Waals surface area contributed by atoms with Crippen molar-refractivity contribution in [2.75, 3.05) is 36.8 Å². The Kier molecular flexibility index (Phi) is 7.59. The van der Waals surface area contributed by atoms with E-state index in [0.717, 1.165) is 12.8 Å². The van der Waals surface area contributed by atoms with E-state index in [1.807, 2.05) is 13.8 Å². The zero-order valence-electron chi connectivity index (χ0n) is 18.0. The number of piperidine rings is 1. The number of hydrogen-bond donors (Lipinski definition) is 2. The molecular weight excluding hydrogens is 394 g/mol. The third-order valence-corrected chi connectivity index (χ3v) is 5.41. The molecule has 8 heteroatoms. The zero-order chi connectivity index (χ0) is 22.2. The van der Waals surface area contributed by atoms with E-state index in [1.165, 1.54) is 6.20 Å². The summed E-state index contributed by atoms with van der Waals surface area (Å²) in [6.45, 7) is 6.30. The van der Waals surface area contributed by atoms with E-state index in [9.17, 15) is 14.4 Å². The number of nitrogens with one attached hydrogen (secondary N) is 2. The highest BCUT2D eigenvalue weighted by molar-refractivity contribution is 6.04. The van der Waals surface area contributed by atoms with Gasteiger partial charge in [0.2, 0.25) is 5.91 Å². The second-order valence-electron chi connectivity index (χ2n) is 7.51. The van der Waals surface area contributed by atoms with Crippen LogP contribution in [-0.4, -0.2) is 58.8 Å². The number of nitrogens with zero attached hydrogens (tertiary/aromatic N) is 3. The maximum absolute atomic E-state index is 12.8. The summed E-state index contributed by atoms with van der Waals surface area (Å²) in [5.74, 6) is -0.649. The third-order valence-electron chi connectivity index (χ3n) is 5.41. The predicted octanol–water partition coefficient (Wildman–Crippen LogP) is 3.45. The maximum atomic E-state index is 12.8. The van der Waals surface area contributed by atoms with Crippen molar-refractivity contribution < 1.29 is 14.4 Å². The fourth-order valence-electron chi connectivity index (χ4n) is 3.68. The number of rotatable bonds is 6. The molecule has 0 saturated carbocycles. The Labute approximate surface area is 182 Å². The van der Waals surface area contributed by atoms with Crippen LogP contribution in [0.5, 0.6) is 0 Å². The summed E-state index contributed by atoms with van der Waals surface area (Å²) in [6, 6.07) is 10.4. The molecule has 2 heterocycles. The fourth-order valence-corrected chi connectivity index (χ4v) is 3.68. The van der Waals surface area contributed by atoms with Gasteiger partial charge < -0.3 is 20.4 Å². The van der Waals surface area contributed by atoms with E-state index in [4.69, 9.17) is 0 Å². The molecule has 31 heavy (non-hydrogen) atoms. The van der Waals surface area contributed by atoms with Crippen molar-refractivity contribution in [3.8, 4) is 0 Å². The highest BCUT2D eigenvalue weighted by Gasteiger charge is 2.30. The van der Waals surface area contributed by atoms with Crippen LogP contribution in [0.25, 0.3) is 0 Å². The second kappa shape index (κ2) is 10.6. The molecule has 164 valence electrons. The minimum Gasteiger partial charge on any atom is -0.326 e. The summed E-state index contributed by atoms with van der Waals surface area (Å²) in [5.41, 5.74) is 1.63. The van der Waals surface area contributed by atoms with Gasteiger partial charge in [-0.2, -0.15) is 0 Å². The molecule has 0 bridgehead atoms. The minimum atomic E-state index is -0.269. The van der Waals surface area contributed by atoms with Gasteiger partial charge in [-0.05, 0) is 57.0 Å². The fraction of sp³-hybridized carbons (Fsp3) is 0.391. The van der Waals surface area contributed by atoms with Crippen LogP contribution in [-0.2, 0) is 4.79 Å². The van der Waals surface area contributed by atoms with Crippen LogP contribution in [0, 0.1) is 5.92 Å². The summed E-state index contributed by atoms with van der Waals surface area (Å²) in [7, 11) is 0.